The van der Waals surface area contributed by atoms with Crippen LogP contribution in [0.15, 0.2) is 41.8 Å². The first kappa shape index (κ1) is 16.6. The Balaban J connectivity index is 1.60. The van der Waals surface area contributed by atoms with E-state index in [4.69, 9.17) is 0 Å². The summed E-state index contributed by atoms with van der Waals surface area (Å²) in [5, 5.41) is 8.87. The maximum Gasteiger partial charge on any atom is 0.217 e. The lowest BCUT2D eigenvalue weighted by Gasteiger charge is -2.02. The first-order valence-corrected chi connectivity index (χ1v) is 9.07. The Labute approximate surface area is 147 Å². The standard InChI is InChI=1S/C17H16FN3OS2/c1-11(22)19-9-14-6-7-16(24-14)15-10-23-17(21-15)20-8-12-2-4-13(18)5-3-12/h2-7,10H,8-9H2,1H3,(H,19,22)(H,20,21). The van der Waals surface area contributed by atoms with Gasteiger partial charge in [0.25, 0.3) is 0 Å². The van der Waals surface area contributed by atoms with Gasteiger partial charge in [-0.1, -0.05) is 12.1 Å². The summed E-state index contributed by atoms with van der Waals surface area (Å²) in [5.74, 6) is -0.270. The Bertz CT molecular complexity index is 826. The van der Waals surface area contributed by atoms with Crippen LogP contribution in [0.3, 0.4) is 0 Å². The predicted octanol–water partition coefficient (Wildman–Crippen LogP) is 4.26. The second-order valence-electron chi connectivity index (χ2n) is 5.19. The molecule has 0 radical (unpaired) electrons. The van der Waals surface area contributed by atoms with Gasteiger partial charge in [0.05, 0.1) is 17.1 Å². The number of thiophene rings is 1. The number of aromatic nitrogens is 1. The van der Waals surface area contributed by atoms with Crippen molar-refractivity contribution in [2.45, 2.75) is 20.0 Å². The van der Waals surface area contributed by atoms with Gasteiger partial charge in [0.2, 0.25) is 5.91 Å². The van der Waals surface area contributed by atoms with Gasteiger partial charge >= 0.3 is 0 Å². The van der Waals surface area contributed by atoms with E-state index >= 15 is 0 Å². The first-order valence-electron chi connectivity index (χ1n) is 7.37. The smallest absolute Gasteiger partial charge is 0.217 e. The maximum atomic E-state index is 12.9. The van der Waals surface area contributed by atoms with Gasteiger partial charge in [0, 0.05) is 23.7 Å². The van der Waals surface area contributed by atoms with Crippen LogP contribution in [0.2, 0.25) is 0 Å². The summed E-state index contributed by atoms with van der Waals surface area (Å²) in [6, 6.07) is 10.4. The highest BCUT2D eigenvalue weighted by Gasteiger charge is 2.08. The molecule has 1 amide bonds. The van der Waals surface area contributed by atoms with Crippen molar-refractivity contribution >= 4 is 33.7 Å². The van der Waals surface area contributed by atoms with E-state index in [1.54, 1.807) is 23.5 Å². The van der Waals surface area contributed by atoms with Gasteiger partial charge < -0.3 is 10.6 Å². The summed E-state index contributed by atoms with van der Waals surface area (Å²) >= 11 is 3.15. The molecule has 0 spiro atoms. The lowest BCUT2D eigenvalue weighted by molar-refractivity contribution is -0.119. The third-order valence-electron chi connectivity index (χ3n) is 3.29. The van der Waals surface area contributed by atoms with E-state index < -0.39 is 0 Å². The molecular formula is C17H16FN3OS2. The van der Waals surface area contributed by atoms with Crippen molar-refractivity contribution in [3.05, 3.63) is 58.0 Å². The zero-order valence-corrected chi connectivity index (χ0v) is 14.6. The number of nitrogens with one attached hydrogen (secondary N) is 2. The maximum absolute atomic E-state index is 12.9. The van der Waals surface area contributed by atoms with Crippen LogP contribution in [0.25, 0.3) is 10.6 Å². The number of carbonyl (C=O) groups is 1. The SMILES string of the molecule is CC(=O)NCc1ccc(-c2csc(NCc3ccc(F)cc3)n2)s1. The van der Waals surface area contributed by atoms with Crippen molar-refractivity contribution in [1.82, 2.24) is 10.3 Å². The molecule has 0 fully saturated rings. The van der Waals surface area contributed by atoms with Crippen molar-refractivity contribution in [2.24, 2.45) is 0 Å². The lowest BCUT2D eigenvalue weighted by atomic mass is 10.2. The van der Waals surface area contributed by atoms with Crippen molar-refractivity contribution in [3.63, 3.8) is 0 Å². The van der Waals surface area contributed by atoms with Gasteiger partial charge in [0.15, 0.2) is 5.13 Å². The predicted molar refractivity (Wildman–Crippen MR) is 96.7 cm³/mol. The molecular weight excluding hydrogens is 345 g/mol. The highest BCUT2D eigenvalue weighted by atomic mass is 32.1. The van der Waals surface area contributed by atoms with E-state index in [0.717, 1.165) is 26.1 Å². The molecule has 7 heteroatoms. The van der Waals surface area contributed by atoms with Crippen molar-refractivity contribution < 1.29 is 9.18 Å². The number of anilines is 1. The van der Waals surface area contributed by atoms with Crippen LogP contribution in [-0.2, 0) is 17.9 Å². The largest absolute Gasteiger partial charge is 0.357 e. The van der Waals surface area contributed by atoms with Gasteiger partial charge in [-0.25, -0.2) is 9.37 Å². The fraction of sp³-hybridized carbons (Fsp3) is 0.176. The molecule has 2 heterocycles. The molecule has 3 aromatic rings. The third kappa shape index (κ3) is 4.39. The molecule has 2 N–H and O–H groups in total. The summed E-state index contributed by atoms with van der Waals surface area (Å²) in [7, 11) is 0. The van der Waals surface area contributed by atoms with Crippen LogP contribution in [-0.4, -0.2) is 10.9 Å². The molecule has 0 unspecified atom stereocenters. The molecule has 0 bridgehead atoms. The van der Waals surface area contributed by atoms with Crippen LogP contribution in [0, 0.1) is 5.82 Å². The molecule has 0 saturated heterocycles. The lowest BCUT2D eigenvalue weighted by Crippen LogP contribution is -2.17. The monoisotopic (exact) mass is 361 g/mol. The van der Waals surface area contributed by atoms with E-state index in [-0.39, 0.29) is 11.7 Å². The van der Waals surface area contributed by atoms with Crippen molar-refractivity contribution in [3.8, 4) is 10.6 Å². The molecule has 0 aliphatic carbocycles. The Morgan fingerprint density at radius 3 is 2.71 bits per heavy atom. The highest BCUT2D eigenvalue weighted by molar-refractivity contribution is 7.17. The summed E-state index contributed by atoms with van der Waals surface area (Å²) in [6.07, 6.45) is 0. The Hall–Kier alpha value is -2.25. The minimum absolute atomic E-state index is 0.0362. The molecule has 1 aromatic carbocycles. The van der Waals surface area contributed by atoms with Crippen LogP contribution in [0.5, 0.6) is 0 Å². The second-order valence-corrected chi connectivity index (χ2v) is 7.22. The number of hydrogen-bond acceptors (Lipinski definition) is 5. The van der Waals surface area contributed by atoms with Gasteiger partial charge in [-0.15, -0.1) is 22.7 Å². The Morgan fingerprint density at radius 1 is 1.17 bits per heavy atom. The van der Waals surface area contributed by atoms with Gasteiger partial charge in [0.1, 0.15) is 5.82 Å². The summed E-state index contributed by atoms with van der Waals surface area (Å²) in [6.45, 7) is 2.65. The summed E-state index contributed by atoms with van der Waals surface area (Å²) < 4.78 is 12.9. The zero-order chi connectivity index (χ0) is 16.9. The summed E-state index contributed by atoms with van der Waals surface area (Å²) in [5.41, 5.74) is 1.92. The number of thiazole rings is 1. The number of halogens is 1. The van der Waals surface area contributed by atoms with E-state index in [0.29, 0.717) is 13.1 Å². The molecule has 124 valence electrons. The Morgan fingerprint density at radius 2 is 1.96 bits per heavy atom. The number of carbonyl (C=O) groups excluding carboxylic acids is 1. The number of amides is 1. The number of hydrogen-bond donors (Lipinski definition) is 2. The van der Waals surface area contributed by atoms with E-state index in [2.05, 4.69) is 15.6 Å². The molecule has 2 aromatic heterocycles. The highest BCUT2D eigenvalue weighted by Crippen LogP contribution is 2.30. The van der Waals surface area contributed by atoms with Crippen molar-refractivity contribution in [1.29, 1.82) is 0 Å². The van der Waals surface area contributed by atoms with Crippen molar-refractivity contribution in [2.75, 3.05) is 5.32 Å². The quantitative estimate of drug-likeness (QED) is 0.690. The van der Waals surface area contributed by atoms with E-state index in [1.807, 2.05) is 17.5 Å². The molecule has 0 saturated carbocycles. The average molecular weight is 361 g/mol. The molecule has 4 nitrogen and oxygen atoms in total. The number of nitrogens with zero attached hydrogens (tertiary/aromatic N) is 1. The summed E-state index contributed by atoms with van der Waals surface area (Å²) in [4.78, 5) is 17.7. The molecule has 0 atom stereocenters. The number of benzene rings is 1. The topological polar surface area (TPSA) is 54.0 Å². The number of rotatable bonds is 6. The van der Waals surface area contributed by atoms with E-state index in [1.165, 1.54) is 30.4 Å². The second kappa shape index (κ2) is 7.55. The normalized spacial score (nSPS) is 10.6. The minimum atomic E-state index is -0.233. The van der Waals surface area contributed by atoms with Crippen LogP contribution in [0.1, 0.15) is 17.4 Å². The Kier molecular flexibility index (Phi) is 5.22. The molecule has 0 aliphatic heterocycles. The minimum Gasteiger partial charge on any atom is -0.357 e. The molecule has 3 rings (SSSR count). The molecule has 0 aliphatic rings. The van der Waals surface area contributed by atoms with Crippen LogP contribution >= 0.6 is 22.7 Å². The zero-order valence-electron chi connectivity index (χ0n) is 13.0. The fourth-order valence-electron chi connectivity index (χ4n) is 2.07. The van der Waals surface area contributed by atoms with Crippen LogP contribution in [0.4, 0.5) is 9.52 Å². The first-order chi connectivity index (χ1) is 11.6. The van der Waals surface area contributed by atoms with E-state index in [9.17, 15) is 9.18 Å². The average Bonchev–Trinajstić information content (AvgIpc) is 3.21. The molecule has 24 heavy (non-hydrogen) atoms. The van der Waals surface area contributed by atoms with Gasteiger partial charge in [-0.05, 0) is 29.8 Å². The van der Waals surface area contributed by atoms with Crippen LogP contribution < -0.4 is 10.6 Å². The van der Waals surface area contributed by atoms with Gasteiger partial charge in [-0.2, -0.15) is 0 Å². The third-order valence-corrected chi connectivity index (χ3v) is 5.19. The fourth-order valence-corrected chi connectivity index (χ4v) is 3.76. The van der Waals surface area contributed by atoms with Gasteiger partial charge in [-0.3, -0.25) is 4.79 Å².